The summed E-state index contributed by atoms with van der Waals surface area (Å²) in [6.07, 6.45) is -1.07. The molecule has 1 aromatic heterocycles. The van der Waals surface area contributed by atoms with Crippen molar-refractivity contribution in [3.05, 3.63) is 40.5 Å². The normalized spacial score (nSPS) is 19.6. The molecule has 1 aromatic carbocycles. The Morgan fingerprint density at radius 1 is 1.24 bits per heavy atom. The third-order valence-electron chi connectivity index (χ3n) is 7.11. The molecule has 1 aliphatic rings. The molecule has 0 atom stereocenters. The van der Waals surface area contributed by atoms with Gasteiger partial charge in [0.15, 0.2) is 5.69 Å². The highest BCUT2D eigenvalue weighted by Crippen LogP contribution is 2.41. The number of carbonyl (C=O) groups is 1. The van der Waals surface area contributed by atoms with Crippen LogP contribution in [0.4, 0.5) is 13.2 Å². The number of halogens is 4. The molecular formula is C26H32ClF3N4O3S. The number of rotatable bonds is 7. The number of hydrogen-bond donors (Lipinski definition) is 1. The summed E-state index contributed by atoms with van der Waals surface area (Å²) in [4.78, 5) is 13.0. The maximum absolute atomic E-state index is 13.3. The zero-order chi connectivity index (χ0) is 28.7. The van der Waals surface area contributed by atoms with Crippen LogP contribution in [0.5, 0.6) is 0 Å². The minimum absolute atomic E-state index is 0.0723. The first-order valence-electron chi connectivity index (χ1n) is 12.3. The van der Waals surface area contributed by atoms with Gasteiger partial charge < -0.3 is 5.32 Å². The Labute approximate surface area is 229 Å². The molecule has 1 N–H and O–H groups in total. The largest absolute Gasteiger partial charge is 0.394 e. The van der Waals surface area contributed by atoms with Crippen LogP contribution in [0, 0.1) is 28.1 Å². The second kappa shape index (κ2) is 12.9. The first kappa shape index (κ1) is 31.5. The summed E-state index contributed by atoms with van der Waals surface area (Å²) in [5.41, 5.74) is -0.613. The Bertz CT molecular complexity index is 1190. The van der Waals surface area contributed by atoms with Crippen LogP contribution in [-0.4, -0.2) is 36.8 Å². The van der Waals surface area contributed by atoms with Crippen LogP contribution >= 0.6 is 11.6 Å². The van der Waals surface area contributed by atoms with Crippen LogP contribution in [0.3, 0.4) is 0 Å². The molecule has 0 radical (unpaired) electrons. The predicted molar refractivity (Wildman–Crippen MR) is 139 cm³/mol. The average Bonchev–Trinajstić information content (AvgIpc) is 3.20. The summed E-state index contributed by atoms with van der Waals surface area (Å²) < 4.78 is 58.0. The van der Waals surface area contributed by atoms with E-state index in [1.54, 1.807) is 28.9 Å². The summed E-state index contributed by atoms with van der Waals surface area (Å²) in [6, 6.07) is 9.09. The van der Waals surface area contributed by atoms with Crippen molar-refractivity contribution >= 4 is 29.1 Å². The number of amides is 1. The van der Waals surface area contributed by atoms with Gasteiger partial charge in [0.1, 0.15) is 0 Å². The van der Waals surface area contributed by atoms with Gasteiger partial charge in [-0.1, -0.05) is 56.6 Å². The van der Waals surface area contributed by atoms with Crippen molar-refractivity contribution in [1.82, 2.24) is 15.1 Å². The third-order valence-corrected chi connectivity index (χ3v) is 7.46. The van der Waals surface area contributed by atoms with Gasteiger partial charge in [-0.15, -0.1) is 0 Å². The van der Waals surface area contributed by atoms with E-state index < -0.39 is 34.5 Å². The van der Waals surface area contributed by atoms with Gasteiger partial charge in [0, 0.05) is 18.7 Å². The van der Waals surface area contributed by atoms with Gasteiger partial charge in [0.2, 0.25) is 0 Å². The molecular weight excluding hydrogens is 541 g/mol. The van der Waals surface area contributed by atoms with Crippen molar-refractivity contribution in [3.8, 4) is 17.3 Å². The highest BCUT2D eigenvalue weighted by atomic mass is 35.5. The Morgan fingerprint density at radius 3 is 2.26 bits per heavy atom. The van der Waals surface area contributed by atoms with E-state index in [1.165, 1.54) is 13.8 Å². The Kier molecular flexibility index (Phi) is 10.7. The fourth-order valence-corrected chi connectivity index (χ4v) is 4.79. The minimum Gasteiger partial charge on any atom is -0.349 e. The van der Waals surface area contributed by atoms with Gasteiger partial charge in [-0.2, -0.15) is 31.9 Å². The number of alkyl halides is 3. The van der Waals surface area contributed by atoms with E-state index in [2.05, 4.69) is 23.4 Å². The number of aryl methyl sites for hydroxylation is 1. The molecule has 0 saturated heterocycles. The summed E-state index contributed by atoms with van der Waals surface area (Å²) in [5.74, 6) is 0.135. The van der Waals surface area contributed by atoms with Crippen LogP contribution in [0.25, 0.3) is 11.3 Å². The van der Waals surface area contributed by atoms with Crippen LogP contribution in [0.2, 0.25) is 5.02 Å². The molecule has 208 valence electrons. The lowest BCUT2D eigenvalue weighted by atomic mass is 9.72. The van der Waals surface area contributed by atoms with E-state index in [9.17, 15) is 23.2 Å². The van der Waals surface area contributed by atoms with E-state index in [0.717, 1.165) is 25.7 Å². The van der Waals surface area contributed by atoms with Crippen LogP contribution in [-0.2, 0) is 24.5 Å². The maximum atomic E-state index is 13.3. The number of nitrogens with zero attached hydrogens (tertiary/aromatic N) is 3. The topological polar surface area (TPSA) is 105 Å². The number of benzene rings is 1. The van der Waals surface area contributed by atoms with Crippen LogP contribution < -0.4 is 5.32 Å². The summed E-state index contributed by atoms with van der Waals surface area (Å²) in [6.45, 7) is 7.08. The molecule has 1 saturated carbocycles. The highest BCUT2D eigenvalue weighted by Gasteiger charge is 2.47. The van der Waals surface area contributed by atoms with E-state index in [4.69, 9.17) is 20.0 Å². The van der Waals surface area contributed by atoms with Crippen molar-refractivity contribution in [2.75, 3.05) is 6.54 Å². The molecule has 1 amide bonds. The number of hydrogen-bond acceptors (Lipinski definition) is 5. The smallest absolute Gasteiger partial charge is 0.349 e. The zero-order valence-corrected chi connectivity index (χ0v) is 23.4. The van der Waals surface area contributed by atoms with Gasteiger partial charge in [0.05, 0.1) is 27.6 Å². The molecule has 12 heteroatoms. The van der Waals surface area contributed by atoms with E-state index in [1.807, 2.05) is 6.92 Å². The molecule has 0 spiro atoms. The predicted octanol–water partition coefficient (Wildman–Crippen LogP) is 6.13. The minimum atomic E-state index is -4.31. The Balaban J connectivity index is 0.00000161. The summed E-state index contributed by atoms with van der Waals surface area (Å²) in [7, 11) is 0. The number of carbonyl (C=O) groups excluding carboxylic acids is 1. The lowest BCUT2D eigenvalue weighted by Crippen LogP contribution is -2.39. The second-order valence-electron chi connectivity index (χ2n) is 10.4. The molecule has 3 rings (SSSR count). The molecule has 1 aliphatic carbocycles. The van der Waals surface area contributed by atoms with E-state index in [-0.39, 0.29) is 23.7 Å². The first-order chi connectivity index (χ1) is 17.7. The van der Waals surface area contributed by atoms with Crippen molar-refractivity contribution in [2.24, 2.45) is 16.7 Å². The number of nitriles is 1. The van der Waals surface area contributed by atoms with Crippen molar-refractivity contribution in [2.45, 2.75) is 72.5 Å². The van der Waals surface area contributed by atoms with Gasteiger partial charge in [-0.25, -0.2) is 0 Å². The molecule has 0 unspecified atom stereocenters. The molecule has 2 aromatic rings. The average molecular weight is 573 g/mol. The Morgan fingerprint density at radius 2 is 1.79 bits per heavy atom. The second-order valence-corrected chi connectivity index (χ2v) is 10.9. The molecule has 0 bridgehead atoms. The first-order valence-corrected chi connectivity index (χ1v) is 13.3. The van der Waals surface area contributed by atoms with E-state index in [0.29, 0.717) is 29.3 Å². The molecule has 7 nitrogen and oxygen atoms in total. The molecule has 0 aliphatic heterocycles. The van der Waals surface area contributed by atoms with Crippen LogP contribution in [0.15, 0.2) is 24.3 Å². The lowest BCUT2D eigenvalue weighted by Gasteiger charge is -2.33. The SMILES string of the molecule is CCn1nc(C(=O)NCC2(C#N)CCC(C)CC2)c(Cl)c1-c1ccc(CC(C)(C)C(F)(F)F)cc1.O=S=O. The monoisotopic (exact) mass is 572 g/mol. The van der Waals surface area contributed by atoms with E-state index >= 15 is 0 Å². The van der Waals surface area contributed by atoms with Crippen LogP contribution in [0.1, 0.15) is 69.4 Å². The van der Waals surface area contributed by atoms with Gasteiger partial charge in [0.25, 0.3) is 5.91 Å². The van der Waals surface area contributed by atoms with Gasteiger partial charge in [-0.3, -0.25) is 9.48 Å². The van der Waals surface area contributed by atoms with Gasteiger partial charge >= 0.3 is 17.7 Å². The summed E-state index contributed by atoms with van der Waals surface area (Å²) >= 11 is 5.85. The van der Waals surface area contributed by atoms with Gasteiger partial charge in [-0.05, 0) is 50.5 Å². The maximum Gasteiger partial charge on any atom is 0.394 e. The molecule has 1 fully saturated rings. The number of nitrogens with one attached hydrogen (secondary N) is 1. The van der Waals surface area contributed by atoms with Crippen molar-refractivity contribution in [1.29, 1.82) is 5.26 Å². The lowest BCUT2D eigenvalue weighted by molar-refractivity contribution is -0.211. The third kappa shape index (κ3) is 7.44. The summed E-state index contributed by atoms with van der Waals surface area (Å²) in [5, 5.41) is 17.1. The Hall–Kier alpha value is -2.71. The fourth-order valence-electron chi connectivity index (χ4n) is 4.46. The molecule has 38 heavy (non-hydrogen) atoms. The standard InChI is InChI=1S/C26H32ClF3N4O.O2S/c1-5-34-22(19-8-6-18(7-9-19)14-24(3,4)26(28,29)30)20(27)21(33-34)23(35)32-16-25(15-31)12-10-17(2)11-13-25;1-3-2/h6-9,17H,5,10-14,16H2,1-4H3,(H,32,35);. The fraction of sp³-hybridized carbons (Fsp3) is 0.577. The zero-order valence-electron chi connectivity index (χ0n) is 21.8. The van der Waals surface area contributed by atoms with Crippen molar-refractivity contribution < 1.29 is 26.4 Å². The van der Waals surface area contributed by atoms with Crippen molar-refractivity contribution in [3.63, 3.8) is 0 Å². The number of aromatic nitrogens is 2. The highest BCUT2D eigenvalue weighted by molar-refractivity contribution is 7.51. The quantitative estimate of drug-likeness (QED) is 0.429. The molecule has 1 heterocycles.